The Morgan fingerprint density at radius 2 is 1.71 bits per heavy atom. The van der Waals surface area contributed by atoms with Crippen LogP contribution in [-0.4, -0.2) is 25.3 Å². The normalized spacial score (nSPS) is 31.3. The highest BCUT2D eigenvalue weighted by atomic mass is 16.5. The van der Waals surface area contributed by atoms with Crippen LogP contribution in [0.25, 0.3) is 0 Å². The maximum Gasteiger partial charge on any atom is 0.0806 e. The molecular formula is C12H23NO. The van der Waals surface area contributed by atoms with Crippen LogP contribution in [0.5, 0.6) is 0 Å². The fourth-order valence-corrected chi connectivity index (χ4v) is 2.60. The van der Waals surface area contributed by atoms with Crippen LogP contribution in [-0.2, 0) is 4.74 Å². The van der Waals surface area contributed by atoms with Crippen LogP contribution >= 0.6 is 0 Å². The molecule has 0 atom stereocenters. The molecular weight excluding hydrogens is 174 g/mol. The monoisotopic (exact) mass is 197 g/mol. The Hall–Kier alpha value is -0.0800. The second-order valence-corrected chi connectivity index (χ2v) is 5.80. The summed E-state index contributed by atoms with van der Waals surface area (Å²) in [6.45, 7) is 7.63. The molecule has 14 heavy (non-hydrogen) atoms. The van der Waals surface area contributed by atoms with Gasteiger partial charge in [-0.25, -0.2) is 0 Å². The summed E-state index contributed by atoms with van der Waals surface area (Å²) in [5, 5.41) is 3.57. The first-order chi connectivity index (χ1) is 6.62. The number of hydrogen-bond donors (Lipinski definition) is 1. The lowest BCUT2D eigenvalue weighted by molar-refractivity contribution is -0.0780. The molecule has 2 heteroatoms. The summed E-state index contributed by atoms with van der Waals surface area (Å²) in [4.78, 5) is 0. The predicted octanol–water partition coefficient (Wildman–Crippen LogP) is 2.34. The van der Waals surface area contributed by atoms with Gasteiger partial charge in [0.25, 0.3) is 0 Å². The van der Waals surface area contributed by atoms with Gasteiger partial charge in [-0.1, -0.05) is 33.1 Å². The van der Waals surface area contributed by atoms with Crippen molar-refractivity contribution >= 4 is 0 Å². The van der Waals surface area contributed by atoms with Crippen LogP contribution in [0, 0.1) is 5.41 Å². The zero-order chi connectivity index (χ0) is 10.1. The van der Waals surface area contributed by atoms with Crippen LogP contribution < -0.4 is 5.32 Å². The maximum atomic E-state index is 6.18. The highest BCUT2D eigenvalue weighted by Crippen LogP contribution is 2.34. The molecule has 2 nitrogen and oxygen atoms in total. The molecule has 1 spiro atoms. The smallest absolute Gasteiger partial charge is 0.0806 e. The van der Waals surface area contributed by atoms with E-state index in [0.29, 0.717) is 5.41 Å². The summed E-state index contributed by atoms with van der Waals surface area (Å²) in [5.74, 6) is 0. The Labute approximate surface area is 87.4 Å². The van der Waals surface area contributed by atoms with E-state index < -0.39 is 0 Å². The van der Waals surface area contributed by atoms with Gasteiger partial charge in [-0.3, -0.25) is 0 Å². The predicted molar refractivity (Wildman–Crippen MR) is 58.4 cm³/mol. The van der Waals surface area contributed by atoms with Crippen LogP contribution in [0.1, 0.15) is 46.0 Å². The highest BCUT2D eigenvalue weighted by molar-refractivity contribution is 4.90. The van der Waals surface area contributed by atoms with Crippen molar-refractivity contribution in [1.29, 1.82) is 0 Å². The molecule has 2 aliphatic rings. The molecule has 0 bridgehead atoms. The zero-order valence-corrected chi connectivity index (χ0v) is 9.57. The van der Waals surface area contributed by atoms with Crippen molar-refractivity contribution in [2.24, 2.45) is 5.41 Å². The van der Waals surface area contributed by atoms with E-state index in [1.165, 1.54) is 32.1 Å². The van der Waals surface area contributed by atoms with Crippen LogP contribution in [0.4, 0.5) is 0 Å². The van der Waals surface area contributed by atoms with E-state index in [0.717, 1.165) is 19.7 Å². The van der Waals surface area contributed by atoms with E-state index in [4.69, 9.17) is 4.74 Å². The number of rotatable bonds is 0. The first-order valence-electron chi connectivity index (χ1n) is 5.97. The standard InChI is InChI=1S/C12H23NO/c1-11(2)8-13-9-12(14-10-11)6-4-3-5-7-12/h13H,3-10H2,1-2H3. The Kier molecular flexibility index (Phi) is 2.85. The molecule has 1 N–H and O–H groups in total. The number of ether oxygens (including phenoxy) is 1. The van der Waals surface area contributed by atoms with Crippen molar-refractivity contribution in [2.45, 2.75) is 51.6 Å². The van der Waals surface area contributed by atoms with Gasteiger partial charge >= 0.3 is 0 Å². The van der Waals surface area contributed by atoms with Gasteiger partial charge in [-0.2, -0.15) is 0 Å². The first-order valence-corrected chi connectivity index (χ1v) is 5.97. The summed E-state index contributed by atoms with van der Waals surface area (Å²) in [7, 11) is 0. The lowest BCUT2D eigenvalue weighted by Crippen LogP contribution is -2.42. The van der Waals surface area contributed by atoms with Crippen LogP contribution in [0.15, 0.2) is 0 Å². The molecule has 1 heterocycles. The van der Waals surface area contributed by atoms with Crippen molar-refractivity contribution < 1.29 is 4.74 Å². The molecule has 82 valence electrons. The molecule has 0 amide bonds. The van der Waals surface area contributed by atoms with E-state index in [1.807, 2.05) is 0 Å². The summed E-state index contributed by atoms with van der Waals surface area (Å²) in [5.41, 5.74) is 0.493. The van der Waals surface area contributed by atoms with Crippen molar-refractivity contribution in [3.05, 3.63) is 0 Å². The molecule has 0 unspecified atom stereocenters. The minimum Gasteiger partial charge on any atom is -0.373 e. The molecule has 2 rings (SSSR count). The van der Waals surface area contributed by atoms with Gasteiger partial charge in [0.1, 0.15) is 0 Å². The molecule has 1 saturated heterocycles. The van der Waals surface area contributed by atoms with E-state index in [2.05, 4.69) is 19.2 Å². The third-order valence-electron chi connectivity index (χ3n) is 3.58. The SMILES string of the molecule is CC1(C)CNCC2(CCCCC2)OC1. The van der Waals surface area contributed by atoms with E-state index in [1.54, 1.807) is 0 Å². The summed E-state index contributed by atoms with van der Waals surface area (Å²) in [6, 6.07) is 0. The van der Waals surface area contributed by atoms with E-state index in [9.17, 15) is 0 Å². The quantitative estimate of drug-likeness (QED) is 0.643. The topological polar surface area (TPSA) is 21.3 Å². The fourth-order valence-electron chi connectivity index (χ4n) is 2.60. The molecule has 2 fully saturated rings. The largest absolute Gasteiger partial charge is 0.373 e. The lowest BCUT2D eigenvalue weighted by Gasteiger charge is -2.36. The molecule has 0 aromatic heterocycles. The average molecular weight is 197 g/mol. The second kappa shape index (κ2) is 3.82. The number of hydrogen-bond acceptors (Lipinski definition) is 2. The molecule has 1 saturated carbocycles. The van der Waals surface area contributed by atoms with Crippen LogP contribution in [0.3, 0.4) is 0 Å². The number of nitrogens with one attached hydrogen (secondary N) is 1. The van der Waals surface area contributed by atoms with Gasteiger partial charge in [-0.05, 0) is 12.8 Å². The zero-order valence-electron chi connectivity index (χ0n) is 9.57. The Morgan fingerprint density at radius 1 is 1.00 bits per heavy atom. The van der Waals surface area contributed by atoms with Gasteiger partial charge in [0, 0.05) is 18.5 Å². The van der Waals surface area contributed by atoms with Crippen molar-refractivity contribution in [2.75, 3.05) is 19.7 Å². The summed E-state index contributed by atoms with van der Waals surface area (Å²) < 4.78 is 6.18. The van der Waals surface area contributed by atoms with Gasteiger partial charge < -0.3 is 10.1 Å². The lowest BCUT2D eigenvalue weighted by atomic mass is 9.84. The third-order valence-corrected chi connectivity index (χ3v) is 3.58. The average Bonchev–Trinajstić information content (AvgIpc) is 2.29. The molecule has 0 aromatic carbocycles. The molecule has 0 radical (unpaired) electrons. The highest BCUT2D eigenvalue weighted by Gasteiger charge is 2.37. The van der Waals surface area contributed by atoms with E-state index >= 15 is 0 Å². The Bertz CT molecular complexity index is 194. The third kappa shape index (κ3) is 2.29. The van der Waals surface area contributed by atoms with E-state index in [-0.39, 0.29) is 5.60 Å². The van der Waals surface area contributed by atoms with Crippen molar-refractivity contribution in [1.82, 2.24) is 5.32 Å². The minimum atomic E-state index is 0.187. The Balaban J connectivity index is 1.99. The molecule has 1 aliphatic heterocycles. The second-order valence-electron chi connectivity index (χ2n) is 5.80. The van der Waals surface area contributed by atoms with Crippen molar-refractivity contribution in [3.63, 3.8) is 0 Å². The van der Waals surface area contributed by atoms with Crippen LogP contribution in [0.2, 0.25) is 0 Å². The fraction of sp³-hybridized carbons (Fsp3) is 1.00. The summed E-state index contributed by atoms with van der Waals surface area (Å²) in [6.07, 6.45) is 6.62. The van der Waals surface area contributed by atoms with Gasteiger partial charge in [0.15, 0.2) is 0 Å². The van der Waals surface area contributed by atoms with Crippen molar-refractivity contribution in [3.8, 4) is 0 Å². The summed E-state index contributed by atoms with van der Waals surface area (Å²) >= 11 is 0. The Morgan fingerprint density at radius 3 is 2.43 bits per heavy atom. The van der Waals surface area contributed by atoms with Gasteiger partial charge in [0.05, 0.1) is 12.2 Å². The maximum absolute atomic E-state index is 6.18. The van der Waals surface area contributed by atoms with Gasteiger partial charge in [0.2, 0.25) is 0 Å². The molecule has 1 aliphatic carbocycles. The van der Waals surface area contributed by atoms with Gasteiger partial charge in [-0.15, -0.1) is 0 Å². The minimum absolute atomic E-state index is 0.187. The molecule has 0 aromatic rings. The first kappa shape index (κ1) is 10.4.